The second kappa shape index (κ2) is 7.50. The van der Waals surface area contributed by atoms with Crippen LogP contribution in [-0.4, -0.2) is 38.6 Å². The number of hydrogen-bond acceptors (Lipinski definition) is 8. The summed E-state index contributed by atoms with van der Waals surface area (Å²) in [5, 5.41) is 10.7. The van der Waals surface area contributed by atoms with Crippen LogP contribution < -0.4 is 5.56 Å². The summed E-state index contributed by atoms with van der Waals surface area (Å²) in [5.41, 5.74) is 0.883. The smallest absolute Gasteiger partial charge is 0.318 e. The number of carbonyl (C=O) groups is 1. The molecule has 0 bridgehead atoms. The van der Waals surface area contributed by atoms with E-state index < -0.39 is 16.1 Å². The number of thioether (sulfide) groups is 2. The Labute approximate surface area is 157 Å². The Hall–Kier alpha value is -2.33. The van der Waals surface area contributed by atoms with E-state index in [9.17, 15) is 19.7 Å². The summed E-state index contributed by atoms with van der Waals surface area (Å²) >= 11 is 2.57. The van der Waals surface area contributed by atoms with E-state index in [-0.39, 0.29) is 11.2 Å². The van der Waals surface area contributed by atoms with Crippen molar-refractivity contribution in [2.45, 2.75) is 28.6 Å². The van der Waals surface area contributed by atoms with Crippen LogP contribution in [0, 0.1) is 10.1 Å². The molecule has 1 aromatic heterocycles. The lowest BCUT2D eigenvalue weighted by molar-refractivity contribution is -0.384. The average molecular weight is 393 g/mol. The largest absolute Gasteiger partial charge is 0.468 e. The highest BCUT2D eigenvalue weighted by molar-refractivity contribution is 8.00. The van der Waals surface area contributed by atoms with Crippen LogP contribution in [0.25, 0.3) is 5.69 Å². The number of methoxy groups -OCH3 is 1. The third kappa shape index (κ3) is 3.47. The fourth-order valence-electron chi connectivity index (χ4n) is 2.49. The van der Waals surface area contributed by atoms with Crippen LogP contribution in [0.4, 0.5) is 5.69 Å². The number of esters is 1. The van der Waals surface area contributed by atoms with E-state index in [1.54, 1.807) is 6.92 Å². The summed E-state index contributed by atoms with van der Waals surface area (Å²) in [6.07, 6.45) is 0.691. The Morgan fingerprint density at radius 1 is 1.42 bits per heavy atom. The standard InChI is InChI=1S/C16H15N3O5S2/c1-9(15(21)24-2)26-16-17-12-7-8-25-13(12)14(20)18(16)10-3-5-11(6-4-10)19(22)23/h3-6,9H,7-8H2,1-2H3/t9-/m1/s1. The van der Waals surface area contributed by atoms with Crippen molar-refractivity contribution < 1.29 is 14.5 Å². The van der Waals surface area contributed by atoms with Gasteiger partial charge < -0.3 is 4.74 Å². The molecule has 2 aromatic rings. The van der Waals surface area contributed by atoms with Gasteiger partial charge in [-0.2, -0.15) is 0 Å². The summed E-state index contributed by atoms with van der Waals surface area (Å²) in [6.45, 7) is 1.67. The van der Waals surface area contributed by atoms with Crippen LogP contribution in [-0.2, 0) is 16.0 Å². The number of rotatable bonds is 5. The molecule has 3 rings (SSSR count). The van der Waals surface area contributed by atoms with Crippen LogP contribution in [0.5, 0.6) is 0 Å². The van der Waals surface area contributed by atoms with Crippen molar-refractivity contribution in [1.29, 1.82) is 0 Å². The first-order valence-corrected chi connectivity index (χ1v) is 9.57. The summed E-state index contributed by atoms with van der Waals surface area (Å²) < 4.78 is 6.13. The van der Waals surface area contributed by atoms with Crippen molar-refractivity contribution in [2.75, 3.05) is 12.9 Å². The van der Waals surface area contributed by atoms with Crippen LogP contribution in [0.15, 0.2) is 39.1 Å². The van der Waals surface area contributed by atoms with E-state index in [1.807, 2.05) is 0 Å². The van der Waals surface area contributed by atoms with E-state index in [0.29, 0.717) is 22.2 Å². The molecule has 26 heavy (non-hydrogen) atoms. The normalized spacial score (nSPS) is 13.9. The third-order valence-corrected chi connectivity index (χ3v) is 5.94. The predicted molar refractivity (Wildman–Crippen MR) is 98.3 cm³/mol. The van der Waals surface area contributed by atoms with E-state index in [0.717, 1.165) is 23.2 Å². The first-order valence-electron chi connectivity index (χ1n) is 7.70. The van der Waals surface area contributed by atoms with Crippen molar-refractivity contribution >= 4 is 35.2 Å². The number of nitro benzene ring substituents is 1. The molecule has 0 spiro atoms. The van der Waals surface area contributed by atoms with E-state index >= 15 is 0 Å². The molecule has 2 heterocycles. The van der Waals surface area contributed by atoms with Gasteiger partial charge in [0.15, 0.2) is 5.16 Å². The molecule has 1 aromatic carbocycles. The monoisotopic (exact) mass is 393 g/mol. The quantitative estimate of drug-likeness (QED) is 0.251. The Bertz CT molecular complexity index is 927. The summed E-state index contributed by atoms with van der Waals surface area (Å²) in [6, 6.07) is 5.67. The number of ether oxygens (including phenoxy) is 1. The maximum absolute atomic E-state index is 13.0. The Morgan fingerprint density at radius 3 is 2.73 bits per heavy atom. The number of nitrogens with zero attached hydrogens (tertiary/aromatic N) is 3. The van der Waals surface area contributed by atoms with Gasteiger partial charge in [-0.1, -0.05) is 11.8 Å². The Morgan fingerprint density at radius 2 is 2.12 bits per heavy atom. The van der Waals surface area contributed by atoms with Gasteiger partial charge in [-0.3, -0.25) is 24.3 Å². The molecule has 10 heteroatoms. The number of benzene rings is 1. The lowest BCUT2D eigenvalue weighted by atomic mass is 10.2. The number of hydrogen-bond donors (Lipinski definition) is 0. The minimum absolute atomic E-state index is 0.0672. The predicted octanol–water partition coefficient (Wildman–Crippen LogP) is 2.44. The van der Waals surface area contributed by atoms with Crippen LogP contribution >= 0.6 is 23.5 Å². The summed E-state index contributed by atoms with van der Waals surface area (Å²) in [7, 11) is 1.30. The molecular formula is C16H15N3O5S2. The third-order valence-electron chi connectivity index (χ3n) is 3.80. The van der Waals surface area contributed by atoms with Crippen LogP contribution in [0.3, 0.4) is 0 Å². The van der Waals surface area contributed by atoms with Crippen molar-refractivity contribution in [2.24, 2.45) is 0 Å². The molecule has 1 aliphatic heterocycles. The van der Waals surface area contributed by atoms with Crippen LogP contribution in [0.2, 0.25) is 0 Å². The molecule has 0 aliphatic carbocycles. The number of nitro groups is 1. The highest BCUT2D eigenvalue weighted by Gasteiger charge is 2.25. The number of aromatic nitrogens is 2. The molecule has 1 atom stereocenters. The van der Waals surface area contributed by atoms with Crippen molar-refractivity contribution in [3.05, 3.63) is 50.4 Å². The van der Waals surface area contributed by atoms with Gasteiger partial charge in [0.2, 0.25) is 0 Å². The molecule has 136 valence electrons. The lowest BCUT2D eigenvalue weighted by Gasteiger charge is -2.15. The minimum atomic E-state index is -0.552. The van der Waals surface area contributed by atoms with Crippen molar-refractivity contribution in [3.63, 3.8) is 0 Å². The van der Waals surface area contributed by atoms with E-state index in [4.69, 9.17) is 4.74 Å². The van der Waals surface area contributed by atoms with Crippen molar-refractivity contribution in [3.8, 4) is 5.69 Å². The second-order valence-electron chi connectivity index (χ2n) is 5.47. The first kappa shape index (κ1) is 18.5. The zero-order valence-electron chi connectivity index (χ0n) is 14.0. The molecule has 0 fully saturated rings. The molecule has 0 amide bonds. The molecular weight excluding hydrogens is 378 g/mol. The van der Waals surface area contributed by atoms with Crippen LogP contribution in [0.1, 0.15) is 12.6 Å². The highest BCUT2D eigenvalue weighted by atomic mass is 32.2. The maximum atomic E-state index is 13.0. The number of fused-ring (bicyclic) bond motifs is 1. The Balaban J connectivity index is 2.11. The van der Waals surface area contributed by atoms with Gasteiger partial charge in [-0.15, -0.1) is 11.8 Å². The van der Waals surface area contributed by atoms with Gasteiger partial charge in [-0.25, -0.2) is 4.98 Å². The molecule has 0 unspecified atom stereocenters. The number of carbonyl (C=O) groups excluding carboxylic acids is 1. The molecule has 0 saturated carbocycles. The van der Waals surface area contributed by atoms with Gasteiger partial charge in [0.25, 0.3) is 11.2 Å². The fourth-order valence-corrected chi connectivity index (χ4v) is 4.49. The van der Waals surface area contributed by atoms with Gasteiger partial charge in [0, 0.05) is 24.3 Å². The summed E-state index contributed by atoms with van der Waals surface area (Å²) in [5.74, 6) is 0.354. The average Bonchev–Trinajstić information content (AvgIpc) is 3.10. The van der Waals surface area contributed by atoms with Crippen molar-refractivity contribution in [1.82, 2.24) is 9.55 Å². The highest BCUT2D eigenvalue weighted by Crippen LogP contribution is 2.31. The SMILES string of the molecule is COC(=O)[C@@H](C)Sc1nc2c(c(=O)n1-c1ccc([N+](=O)[O-])cc1)SCC2. The zero-order chi connectivity index (χ0) is 18.8. The fraction of sp³-hybridized carbons (Fsp3) is 0.312. The Kier molecular flexibility index (Phi) is 5.33. The molecule has 8 nitrogen and oxygen atoms in total. The molecule has 0 N–H and O–H groups in total. The van der Waals surface area contributed by atoms with E-state index in [2.05, 4.69) is 4.98 Å². The molecule has 0 radical (unpaired) electrons. The number of non-ortho nitro benzene ring substituents is 1. The molecule has 1 aliphatic rings. The van der Waals surface area contributed by atoms with Gasteiger partial charge in [-0.05, 0) is 19.1 Å². The van der Waals surface area contributed by atoms with E-state index in [1.165, 1.54) is 47.7 Å². The molecule has 0 saturated heterocycles. The topological polar surface area (TPSA) is 104 Å². The maximum Gasteiger partial charge on any atom is 0.318 e. The number of aryl methyl sites for hydroxylation is 1. The minimum Gasteiger partial charge on any atom is -0.468 e. The van der Waals surface area contributed by atoms with Gasteiger partial charge in [0.05, 0.1) is 28.3 Å². The summed E-state index contributed by atoms with van der Waals surface area (Å²) in [4.78, 5) is 40.2. The first-order chi connectivity index (χ1) is 12.4. The zero-order valence-corrected chi connectivity index (χ0v) is 15.6. The van der Waals surface area contributed by atoms with Gasteiger partial charge >= 0.3 is 5.97 Å². The lowest BCUT2D eigenvalue weighted by Crippen LogP contribution is -2.25. The second-order valence-corrected chi connectivity index (χ2v) is 7.88. The van der Waals surface area contributed by atoms with Gasteiger partial charge in [0.1, 0.15) is 5.25 Å².